The lowest BCUT2D eigenvalue weighted by atomic mass is 10.1. The van der Waals surface area contributed by atoms with Crippen molar-refractivity contribution < 1.29 is 14.0 Å². The Morgan fingerprint density at radius 2 is 1.57 bits per heavy atom. The first-order chi connectivity index (χ1) is 17.0. The molecular formula is C28H25ClFN3O2. The molecule has 7 heteroatoms. The van der Waals surface area contributed by atoms with Crippen LogP contribution >= 0.6 is 11.6 Å². The van der Waals surface area contributed by atoms with E-state index < -0.39 is 5.82 Å². The van der Waals surface area contributed by atoms with Crippen molar-refractivity contribution in [3.63, 3.8) is 0 Å². The van der Waals surface area contributed by atoms with E-state index in [1.165, 1.54) is 6.07 Å². The lowest BCUT2D eigenvalue weighted by molar-refractivity contribution is 0.0641. The zero-order valence-electron chi connectivity index (χ0n) is 19.2. The summed E-state index contributed by atoms with van der Waals surface area (Å²) in [4.78, 5) is 31.9. The zero-order chi connectivity index (χ0) is 24.4. The van der Waals surface area contributed by atoms with Crippen LogP contribution in [0.5, 0.6) is 0 Å². The third-order valence-electron chi connectivity index (χ3n) is 6.47. The molecule has 0 atom stereocenters. The normalized spacial score (nSPS) is 16.7. The molecule has 2 aliphatic rings. The van der Waals surface area contributed by atoms with Crippen LogP contribution in [0, 0.1) is 5.82 Å². The number of anilines is 1. The molecule has 35 heavy (non-hydrogen) atoms. The quantitative estimate of drug-likeness (QED) is 0.456. The van der Waals surface area contributed by atoms with Gasteiger partial charge in [0, 0.05) is 43.3 Å². The fourth-order valence-corrected chi connectivity index (χ4v) is 4.95. The average Bonchev–Trinajstić information content (AvgIpc) is 3.11. The van der Waals surface area contributed by atoms with E-state index in [2.05, 4.69) is 9.80 Å². The molecule has 5 nitrogen and oxygen atoms in total. The molecule has 0 aromatic heterocycles. The van der Waals surface area contributed by atoms with Crippen molar-refractivity contribution in [2.45, 2.75) is 6.54 Å². The maximum Gasteiger partial charge on any atom is 0.263 e. The topological polar surface area (TPSA) is 43.9 Å². The smallest absolute Gasteiger partial charge is 0.263 e. The Kier molecular flexibility index (Phi) is 6.66. The molecule has 0 bridgehead atoms. The highest BCUT2D eigenvalue weighted by atomic mass is 35.5. The molecule has 3 aromatic carbocycles. The Morgan fingerprint density at radius 3 is 2.31 bits per heavy atom. The van der Waals surface area contributed by atoms with Gasteiger partial charge in [0.05, 0.1) is 23.4 Å². The first kappa shape index (κ1) is 23.3. The van der Waals surface area contributed by atoms with Crippen molar-refractivity contribution in [1.29, 1.82) is 0 Å². The van der Waals surface area contributed by atoms with Crippen LogP contribution in [0.3, 0.4) is 0 Å². The summed E-state index contributed by atoms with van der Waals surface area (Å²) in [6.45, 7) is 3.55. The second-order valence-electron chi connectivity index (χ2n) is 8.75. The number of imide groups is 1. The number of benzene rings is 3. The van der Waals surface area contributed by atoms with Crippen LogP contribution in [0.1, 0.15) is 31.8 Å². The summed E-state index contributed by atoms with van der Waals surface area (Å²) in [5, 5.41) is 0.773. The molecule has 0 aliphatic carbocycles. The highest BCUT2D eigenvalue weighted by Crippen LogP contribution is 2.33. The van der Waals surface area contributed by atoms with Gasteiger partial charge < -0.3 is 4.90 Å². The predicted molar refractivity (Wildman–Crippen MR) is 136 cm³/mol. The number of carbonyl (C=O) groups is 2. The van der Waals surface area contributed by atoms with E-state index in [1.54, 1.807) is 30.3 Å². The third-order valence-corrected chi connectivity index (χ3v) is 6.70. The molecule has 2 heterocycles. The molecule has 0 unspecified atom stereocenters. The van der Waals surface area contributed by atoms with Crippen molar-refractivity contribution in [3.8, 4) is 0 Å². The van der Waals surface area contributed by atoms with Gasteiger partial charge in [0.2, 0.25) is 0 Å². The highest BCUT2D eigenvalue weighted by molar-refractivity contribution is 6.31. The third kappa shape index (κ3) is 4.85. The average molecular weight is 490 g/mol. The molecule has 0 N–H and O–H groups in total. The predicted octanol–water partition coefficient (Wildman–Crippen LogP) is 5.02. The summed E-state index contributed by atoms with van der Waals surface area (Å²) in [7, 11) is 0. The SMILES string of the molecule is O=C1c2cccc(N3CCN(C/C(Cl)=C/c4ccccc4)CC3)c2C(=O)N1Cc1ccccc1F. The first-order valence-corrected chi connectivity index (χ1v) is 12.0. The van der Waals surface area contributed by atoms with Crippen LogP contribution in [0.15, 0.2) is 77.8 Å². The Morgan fingerprint density at radius 1 is 0.857 bits per heavy atom. The van der Waals surface area contributed by atoms with Gasteiger partial charge >= 0.3 is 0 Å². The zero-order valence-corrected chi connectivity index (χ0v) is 19.9. The Hall–Kier alpha value is -3.48. The van der Waals surface area contributed by atoms with Crippen molar-refractivity contribution in [2.24, 2.45) is 0 Å². The Balaban J connectivity index is 1.28. The van der Waals surface area contributed by atoms with Gasteiger partial charge in [-0.05, 0) is 29.8 Å². The van der Waals surface area contributed by atoms with Crippen molar-refractivity contribution in [2.75, 3.05) is 37.6 Å². The van der Waals surface area contributed by atoms with Gasteiger partial charge in [-0.2, -0.15) is 0 Å². The van der Waals surface area contributed by atoms with Crippen LogP contribution in [-0.2, 0) is 6.54 Å². The van der Waals surface area contributed by atoms with Gasteiger partial charge in [0.15, 0.2) is 0 Å². The van der Waals surface area contributed by atoms with Gasteiger partial charge in [-0.15, -0.1) is 0 Å². The van der Waals surface area contributed by atoms with Crippen molar-refractivity contribution in [3.05, 3.63) is 106 Å². The highest BCUT2D eigenvalue weighted by Gasteiger charge is 2.39. The molecule has 178 valence electrons. The second kappa shape index (κ2) is 10.0. The largest absolute Gasteiger partial charge is 0.368 e. The number of piperazine rings is 1. The van der Waals surface area contributed by atoms with E-state index in [0.717, 1.165) is 34.3 Å². The van der Waals surface area contributed by atoms with E-state index in [-0.39, 0.29) is 18.4 Å². The molecular weight excluding hydrogens is 465 g/mol. The van der Waals surface area contributed by atoms with Crippen LogP contribution in [-0.4, -0.2) is 54.3 Å². The molecule has 5 rings (SSSR count). The van der Waals surface area contributed by atoms with Crippen molar-refractivity contribution >= 4 is 35.2 Å². The Bertz CT molecular complexity index is 1290. The van der Waals surface area contributed by atoms with E-state index >= 15 is 0 Å². The van der Waals surface area contributed by atoms with E-state index in [1.807, 2.05) is 42.5 Å². The number of nitrogens with zero attached hydrogens (tertiary/aromatic N) is 3. The molecule has 0 saturated carbocycles. The molecule has 2 amide bonds. The van der Waals surface area contributed by atoms with Crippen LogP contribution in [0.4, 0.5) is 10.1 Å². The standard InChI is InChI=1S/C28H25ClFN3O2/c29-22(17-20-7-2-1-3-8-20)19-31-13-15-32(16-14-31)25-12-6-10-23-26(25)28(35)33(27(23)34)18-21-9-4-5-11-24(21)30/h1-12,17H,13-16,18-19H2/b22-17-. The number of carbonyl (C=O) groups excluding carboxylic acids is 2. The number of halogens is 2. The van der Waals surface area contributed by atoms with Gasteiger partial charge in [-0.25, -0.2) is 4.39 Å². The fourth-order valence-electron chi connectivity index (χ4n) is 4.66. The minimum absolute atomic E-state index is 0.0848. The first-order valence-electron chi connectivity index (χ1n) is 11.6. The van der Waals surface area contributed by atoms with Crippen LogP contribution < -0.4 is 4.90 Å². The Labute approximate surface area is 209 Å². The van der Waals surface area contributed by atoms with Crippen LogP contribution in [0.2, 0.25) is 0 Å². The lowest BCUT2D eigenvalue weighted by Crippen LogP contribution is -2.47. The summed E-state index contributed by atoms with van der Waals surface area (Å²) in [6, 6.07) is 21.5. The molecule has 0 radical (unpaired) electrons. The fraction of sp³-hybridized carbons (Fsp3) is 0.214. The minimum Gasteiger partial charge on any atom is -0.368 e. The minimum atomic E-state index is -0.430. The molecule has 3 aromatic rings. The number of hydrogen-bond donors (Lipinski definition) is 0. The summed E-state index contributed by atoms with van der Waals surface area (Å²) in [5.74, 6) is -1.19. The summed E-state index contributed by atoms with van der Waals surface area (Å²) in [6.07, 6.45) is 1.98. The van der Waals surface area contributed by atoms with E-state index in [4.69, 9.17) is 11.6 Å². The van der Waals surface area contributed by atoms with E-state index in [0.29, 0.717) is 36.3 Å². The molecule has 1 fully saturated rings. The summed E-state index contributed by atoms with van der Waals surface area (Å²) in [5.41, 5.74) is 2.92. The monoisotopic (exact) mass is 489 g/mol. The number of hydrogen-bond acceptors (Lipinski definition) is 4. The molecule has 2 aliphatic heterocycles. The molecule has 0 spiro atoms. The second-order valence-corrected chi connectivity index (χ2v) is 9.24. The van der Waals surface area contributed by atoms with Gasteiger partial charge in [0.25, 0.3) is 11.8 Å². The maximum atomic E-state index is 14.2. The lowest BCUT2D eigenvalue weighted by Gasteiger charge is -2.36. The van der Waals surface area contributed by atoms with Gasteiger partial charge in [-0.1, -0.05) is 66.2 Å². The molecule has 1 saturated heterocycles. The number of amides is 2. The van der Waals surface area contributed by atoms with E-state index in [9.17, 15) is 14.0 Å². The maximum absolute atomic E-state index is 14.2. The van der Waals surface area contributed by atoms with Gasteiger partial charge in [-0.3, -0.25) is 19.4 Å². The van der Waals surface area contributed by atoms with Crippen molar-refractivity contribution in [1.82, 2.24) is 9.80 Å². The number of rotatable bonds is 6. The summed E-state index contributed by atoms with van der Waals surface area (Å²) >= 11 is 6.50. The van der Waals surface area contributed by atoms with Gasteiger partial charge in [0.1, 0.15) is 5.82 Å². The summed E-state index contributed by atoms with van der Waals surface area (Å²) < 4.78 is 14.2. The number of fused-ring (bicyclic) bond motifs is 1. The van der Waals surface area contributed by atoms with Crippen LogP contribution in [0.25, 0.3) is 6.08 Å².